The molecule has 0 radical (unpaired) electrons. The zero-order valence-electron chi connectivity index (χ0n) is 33.1. The SMILES string of the molecule is CCC1OC(=O)C(C)C(OC2CC(C)(OC)C(O)C(C)O2)C(C)C(OC2OC(C)CC(N(C)C)C2O)C(C)(O)CC(C)C(O)C(C)C(O)C1(C)O. The minimum atomic E-state index is -1.93. The number of cyclic esters (lactones) is 1. The second kappa shape index (κ2) is 17.2. The fourth-order valence-electron chi connectivity index (χ4n) is 8.59. The van der Waals surface area contributed by atoms with Crippen molar-refractivity contribution in [3.63, 3.8) is 0 Å². The lowest BCUT2D eigenvalue weighted by Crippen LogP contribution is -2.61. The second-order valence-corrected chi connectivity index (χ2v) is 16.7. The summed E-state index contributed by atoms with van der Waals surface area (Å²) in [5.41, 5.74) is -4.71. The minimum absolute atomic E-state index is 0.0362. The molecule has 300 valence electrons. The Morgan fingerprint density at radius 3 is 2.02 bits per heavy atom. The third-order valence-corrected chi connectivity index (χ3v) is 12.0. The number of aliphatic hydroxyl groups is 6. The highest BCUT2D eigenvalue weighted by Crippen LogP contribution is 2.41. The molecule has 0 aromatic carbocycles. The zero-order chi connectivity index (χ0) is 39.0. The molecule has 0 amide bonds. The van der Waals surface area contributed by atoms with E-state index in [1.165, 1.54) is 14.0 Å². The molecule has 0 aromatic rings. The van der Waals surface area contributed by atoms with E-state index in [-0.39, 0.29) is 31.4 Å². The molecule has 19 atom stereocenters. The van der Waals surface area contributed by atoms with Gasteiger partial charge in [0.1, 0.15) is 23.9 Å². The number of nitrogens with zero attached hydrogens (tertiary/aromatic N) is 1. The molecule has 6 N–H and O–H groups in total. The van der Waals surface area contributed by atoms with Gasteiger partial charge in [0.05, 0.1) is 53.7 Å². The Bertz CT molecular complexity index is 1120. The second-order valence-electron chi connectivity index (χ2n) is 16.7. The van der Waals surface area contributed by atoms with Crippen molar-refractivity contribution in [1.29, 1.82) is 0 Å². The lowest BCUT2D eigenvalue weighted by molar-refractivity contribution is -0.318. The summed E-state index contributed by atoms with van der Waals surface area (Å²) in [7, 11) is 5.20. The van der Waals surface area contributed by atoms with E-state index in [0.717, 1.165) is 0 Å². The predicted octanol–water partition coefficient (Wildman–Crippen LogP) is 1.58. The molecular weight excluding hydrogens is 666 g/mol. The van der Waals surface area contributed by atoms with E-state index < -0.39 is 108 Å². The van der Waals surface area contributed by atoms with Crippen LogP contribution in [0.2, 0.25) is 0 Å². The van der Waals surface area contributed by atoms with Crippen molar-refractivity contribution >= 4 is 5.97 Å². The number of likely N-dealkylation sites (N-methyl/N-ethyl adjacent to an activating group) is 1. The lowest BCUT2D eigenvalue weighted by Gasteiger charge is -2.49. The standard InChI is InChI=1S/C37H69NO13/c1-14-25-37(10,45)30(41)20(4)27(39)18(2)16-35(8,44)32(51-34-28(40)24(38(11)12)15-19(3)47-34)21(5)29(22(6)33(43)49-25)50-26-17-36(9,46-13)31(42)23(7)48-26/h18-32,34,39-42,44-45H,14-17H2,1-13H3. The molecule has 14 heteroatoms. The van der Waals surface area contributed by atoms with Gasteiger partial charge >= 0.3 is 5.97 Å². The summed E-state index contributed by atoms with van der Waals surface area (Å²) in [6.07, 6.45) is -10.5. The lowest BCUT2D eigenvalue weighted by atomic mass is 9.73. The summed E-state index contributed by atoms with van der Waals surface area (Å²) in [5.74, 6) is -4.11. The summed E-state index contributed by atoms with van der Waals surface area (Å²) >= 11 is 0. The van der Waals surface area contributed by atoms with Gasteiger partial charge in [-0.05, 0) is 80.8 Å². The third-order valence-electron chi connectivity index (χ3n) is 12.0. The van der Waals surface area contributed by atoms with Gasteiger partial charge < -0.3 is 64.0 Å². The van der Waals surface area contributed by atoms with Gasteiger partial charge in [0.15, 0.2) is 12.6 Å². The third kappa shape index (κ3) is 9.63. The predicted molar refractivity (Wildman–Crippen MR) is 187 cm³/mol. The first kappa shape index (κ1) is 44.4. The number of hydrogen-bond donors (Lipinski definition) is 6. The molecule has 3 saturated heterocycles. The van der Waals surface area contributed by atoms with Crippen LogP contribution in [0.4, 0.5) is 0 Å². The summed E-state index contributed by atoms with van der Waals surface area (Å²) in [5, 5.41) is 69.3. The van der Waals surface area contributed by atoms with Crippen molar-refractivity contribution < 1.29 is 63.9 Å². The number of ether oxygens (including phenoxy) is 6. The maximum atomic E-state index is 14.1. The normalized spacial score (nSPS) is 51.2. The van der Waals surface area contributed by atoms with Crippen molar-refractivity contribution in [3.05, 3.63) is 0 Å². The van der Waals surface area contributed by atoms with Crippen LogP contribution in [-0.4, -0.2) is 153 Å². The van der Waals surface area contributed by atoms with Crippen LogP contribution in [0.25, 0.3) is 0 Å². The Kier molecular flexibility index (Phi) is 15.0. The zero-order valence-corrected chi connectivity index (χ0v) is 33.1. The number of carbonyl (C=O) groups excluding carboxylic acids is 1. The van der Waals surface area contributed by atoms with Crippen molar-refractivity contribution in [1.82, 2.24) is 4.90 Å². The van der Waals surface area contributed by atoms with Gasteiger partial charge in [0.25, 0.3) is 0 Å². The Morgan fingerprint density at radius 1 is 0.863 bits per heavy atom. The molecule has 3 aliphatic rings. The summed E-state index contributed by atoms with van der Waals surface area (Å²) < 4.78 is 37.2. The van der Waals surface area contributed by atoms with Crippen LogP contribution in [0.5, 0.6) is 0 Å². The van der Waals surface area contributed by atoms with E-state index in [9.17, 15) is 35.4 Å². The monoisotopic (exact) mass is 735 g/mol. The first-order valence-electron chi connectivity index (χ1n) is 18.6. The van der Waals surface area contributed by atoms with Crippen LogP contribution in [0.15, 0.2) is 0 Å². The van der Waals surface area contributed by atoms with Crippen LogP contribution >= 0.6 is 0 Å². The Labute approximate surface area is 304 Å². The van der Waals surface area contributed by atoms with Crippen LogP contribution < -0.4 is 0 Å². The largest absolute Gasteiger partial charge is 0.459 e. The molecule has 3 rings (SSSR count). The van der Waals surface area contributed by atoms with E-state index in [0.29, 0.717) is 6.42 Å². The van der Waals surface area contributed by atoms with E-state index in [1.807, 2.05) is 25.9 Å². The van der Waals surface area contributed by atoms with E-state index >= 15 is 0 Å². The number of aliphatic hydroxyl groups excluding tert-OH is 4. The summed E-state index contributed by atoms with van der Waals surface area (Å²) in [6.45, 7) is 16.7. The molecule has 0 aromatic heterocycles. The molecule has 3 fully saturated rings. The van der Waals surface area contributed by atoms with Crippen molar-refractivity contribution in [2.45, 2.75) is 185 Å². The van der Waals surface area contributed by atoms with E-state index in [2.05, 4.69) is 0 Å². The Hall–Kier alpha value is -1.01. The number of carbonyl (C=O) groups is 1. The topological polar surface area (TPSA) is 197 Å². The molecule has 14 nitrogen and oxygen atoms in total. The number of rotatable bonds is 7. The van der Waals surface area contributed by atoms with Gasteiger partial charge in [0, 0.05) is 31.4 Å². The Balaban J connectivity index is 2.18. The number of esters is 1. The number of hydrogen-bond acceptors (Lipinski definition) is 14. The van der Waals surface area contributed by atoms with Gasteiger partial charge in [-0.2, -0.15) is 0 Å². The van der Waals surface area contributed by atoms with Gasteiger partial charge in [-0.3, -0.25) is 4.79 Å². The van der Waals surface area contributed by atoms with Crippen molar-refractivity contribution in [2.75, 3.05) is 21.2 Å². The van der Waals surface area contributed by atoms with Gasteiger partial charge in [-0.15, -0.1) is 0 Å². The number of methoxy groups -OCH3 is 1. The van der Waals surface area contributed by atoms with Crippen LogP contribution in [0, 0.1) is 23.7 Å². The highest BCUT2D eigenvalue weighted by atomic mass is 16.7. The molecule has 51 heavy (non-hydrogen) atoms. The van der Waals surface area contributed by atoms with Gasteiger partial charge in [0.2, 0.25) is 0 Å². The molecule has 3 heterocycles. The van der Waals surface area contributed by atoms with E-state index in [1.54, 1.807) is 55.4 Å². The smallest absolute Gasteiger partial charge is 0.311 e. The molecule has 0 aliphatic carbocycles. The van der Waals surface area contributed by atoms with E-state index in [4.69, 9.17) is 28.4 Å². The van der Waals surface area contributed by atoms with Gasteiger partial charge in [-0.25, -0.2) is 0 Å². The molecule has 0 spiro atoms. The van der Waals surface area contributed by atoms with Gasteiger partial charge in [-0.1, -0.05) is 27.7 Å². The maximum Gasteiger partial charge on any atom is 0.311 e. The van der Waals surface area contributed by atoms with Crippen LogP contribution in [0.1, 0.15) is 94.9 Å². The Morgan fingerprint density at radius 2 is 1.47 bits per heavy atom. The molecular formula is C37H69NO13. The van der Waals surface area contributed by atoms with Crippen molar-refractivity contribution in [3.8, 4) is 0 Å². The highest BCUT2D eigenvalue weighted by Gasteiger charge is 2.53. The van der Waals surface area contributed by atoms with Crippen LogP contribution in [-0.2, 0) is 33.2 Å². The average Bonchev–Trinajstić information content (AvgIpc) is 3.05. The average molecular weight is 736 g/mol. The first-order chi connectivity index (χ1) is 23.4. The fourth-order valence-corrected chi connectivity index (χ4v) is 8.59. The molecule has 3 aliphatic heterocycles. The molecule has 0 bridgehead atoms. The minimum Gasteiger partial charge on any atom is -0.459 e. The summed E-state index contributed by atoms with van der Waals surface area (Å²) in [4.78, 5) is 16.0. The maximum absolute atomic E-state index is 14.1. The quantitative estimate of drug-likeness (QED) is 0.206. The first-order valence-corrected chi connectivity index (χ1v) is 18.6. The fraction of sp³-hybridized carbons (Fsp3) is 0.973. The summed E-state index contributed by atoms with van der Waals surface area (Å²) in [6, 6.07) is -0.310. The van der Waals surface area contributed by atoms with Crippen LogP contribution in [0.3, 0.4) is 0 Å². The highest BCUT2D eigenvalue weighted by molar-refractivity contribution is 5.73. The molecule has 0 saturated carbocycles. The van der Waals surface area contributed by atoms with Crippen molar-refractivity contribution in [2.24, 2.45) is 23.7 Å². The molecule has 19 unspecified atom stereocenters.